The van der Waals surface area contributed by atoms with Crippen molar-refractivity contribution in [2.75, 3.05) is 19.4 Å². The van der Waals surface area contributed by atoms with Crippen LogP contribution in [-0.4, -0.2) is 36.2 Å². The summed E-state index contributed by atoms with van der Waals surface area (Å²) in [6.45, 7) is 7.40. The molecule has 19 heavy (non-hydrogen) atoms. The first kappa shape index (κ1) is 16.8. The number of nitrogens with one attached hydrogen (secondary N) is 1. The molecule has 0 aliphatic heterocycles. The number of carbonyl (C=O) groups is 1. The molecule has 0 aromatic rings. The third-order valence-corrected chi connectivity index (χ3v) is 5.19. The molecule has 1 aliphatic rings. The Hall–Kier alpha value is -0.220. The zero-order chi connectivity index (χ0) is 14.3. The fourth-order valence-corrected chi connectivity index (χ4v) is 4.47. The minimum Gasteiger partial charge on any atom is -0.468 e. The van der Waals surface area contributed by atoms with Crippen molar-refractivity contribution in [2.24, 2.45) is 5.92 Å². The number of likely N-dealkylation sites (N-methyl/N-ethyl adjacent to an activating group) is 1. The van der Waals surface area contributed by atoms with Crippen LogP contribution >= 0.6 is 11.8 Å². The zero-order valence-corrected chi connectivity index (χ0v) is 13.6. The summed E-state index contributed by atoms with van der Waals surface area (Å²) in [7, 11) is 1.50. The summed E-state index contributed by atoms with van der Waals surface area (Å²) in [6, 6.07) is 0. The summed E-state index contributed by atoms with van der Waals surface area (Å²) < 4.78 is 5.03. The van der Waals surface area contributed by atoms with Crippen LogP contribution in [0.1, 0.15) is 52.9 Å². The van der Waals surface area contributed by atoms with Gasteiger partial charge < -0.3 is 10.1 Å². The minimum atomic E-state index is -0.433. The molecule has 0 heterocycles. The molecule has 0 aromatic carbocycles. The Balaban J connectivity index is 2.56. The fourth-order valence-electron chi connectivity index (χ4n) is 2.79. The summed E-state index contributed by atoms with van der Waals surface area (Å²) in [5.74, 6) is 1.88. The molecule has 0 saturated heterocycles. The van der Waals surface area contributed by atoms with Crippen molar-refractivity contribution >= 4 is 17.7 Å². The van der Waals surface area contributed by atoms with Gasteiger partial charge in [0.2, 0.25) is 0 Å². The number of rotatable bonds is 7. The summed E-state index contributed by atoms with van der Waals surface area (Å²) in [4.78, 5) is 12.1. The SMILES string of the molecule is CCNC1(C(=O)OC)CCCC(SCCC(C)C)C1. The van der Waals surface area contributed by atoms with Gasteiger partial charge in [0.05, 0.1) is 7.11 Å². The van der Waals surface area contributed by atoms with Gasteiger partial charge in [-0.1, -0.05) is 20.8 Å². The molecule has 1 rings (SSSR count). The monoisotopic (exact) mass is 287 g/mol. The van der Waals surface area contributed by atoms with Crippen LogP contribution in [0.5, 0.6) is 0 Å². The normalized spacial score (nSPS) is 27.5. The molecule has 1 fully saturated rings. The number of carbonyl (C=O) groups excluding carboxylic acids is 1. The first-order chi connectivity index (χ1) is 9.04. The molecule has 2 unspecified atom stereocenters. The average Bonchev–Trinajstić information content (AvgIpc) is 2.38. The molecule has 1 N–H and O–H groups in total. The smallest absolute Gasteiger partial charge is 0.326 e. The first-order valence-electron chi connectivity index (χ1n) is 7.49. The molecule has 0 radical (unpaired) electrons. The highest BCUT2D eigenvalue weighted by Gasteiger charge is 2.43. The first-order valence-corrected chi connectivity index (χ1v) is 8.54. The number of ether oxygens (including phenoxy) is 1. The maximum atomic E-state index is 12.1. The van der Waals surface area contributed by atoms with Crippen molar-refractivity contribution in [3.05, 3.63) is 0 Å². The van der Waals surface area contributed by atoms with Crippen LogP contribution in [0.3, 0.4) is 0 Å². The van der Waals surface area contributed by atoms with E-state index < -0.39 is 5.54 Å². The summed E-state index contributed by atoms with van der Waals surface area (Å²) in [6.07, 6.45) is 5.42. The highest BCUT2D eigenvalue weighted by atomic mass is 32.2. The topological polar surface area (TPSA) is 38.3 Å². The Labute approximate surface area is 122 Å². The van der Waals surface area contributed by atoms with E-state index in [9.17, 15) is 4.79 Å². The van der Waals surface area contributed by atoms with E-state index in [0.717, 1.165) is 31.7 Å². The number of hydrogen-bond donors (Lipinski definition) is 1. The van der Waals surface area contributed by atoms with Crippen LogP contribution in [-0.2, 0) is 9.53 Å². The molecular formula is C15H29NO2S. The van der Waals surface area contributed by atoms with Crippen LogP contribution in [0.15, 0.2) is 0 Å². The van der Waals surface area contributed by atoms with E-state index in [-0.39, 0.29) is 5.97 Å². The second kappa shape index (κ2) is 8.15. The van der Waals surface area contributed by atoms with Crippen molar-refractivity contribution in [1.82, 2.24) is 5.32 Å². The zero-order valence-electron chi connectivity index (χ0n) is 12.8. The molecule has 0 bridgehead atoms. The van der Waals surface area contributed by atoms with Crippen molar-refractivity contribution in [3.8, 4) is 0 Å². The van der Waals surface area contributed by atoms with Gasteiger partial charge in [0, 0.05) is 5.25 Å². The standard InChI is InChI=1S/C15H29NO2S/c1-5-16-15(14(17)18-4)9-6-7-13(11-15)19-10-8-12(2)3/h12-13,16H,5-11H2,1-4H3. The predicted octanol–water partition coefficient (Wildman–Crippen LogP) is 3.23. The highest BCUT2D eigenvalue weighted by molar-refractivity contribution is 7.99. The third-order valence-electron chi connectivity index (χ3n) is 3.85. The Kier molecular flexibility index (Phi) is 7.22. The Morgan fingerprint density at radius 2 is 2.26 bits per heavy atom. The lowest BCUT2D eigenvalue weighted by Gasteiger charge is -2.39. The molecular weight excluding hydrogens is 258 g/mol. The van der Waals surface area contributed by atoms with E-state index >= 15 is 0 Å². The lowest BCUT2D eigenvalue weighted by Crippen LogP contribution is -2.56. The molecule has 4 heteroatoms. The van der Waals surface area contributed by atoms with Gasteiger partial charge in [-0.25, -0.2) is 0 Å². The lowest BCUT2D eigenvalue weighted by molar-refractivity contribution is -0.150. The molecule has 0 amide bonds. The Bertz CT molecular complexity index is 279. The average molecular weight is 287 g/mol. The van der Waals surface area contributed by atoms with E-state index in [1.54, 1.807) is 0 Å². The Morgan fingerprint density at radius 3 is 2.84 bits per heavy atom. The molecule has 0 aromatic heterocycles. The summed E-state index contributed by atoms with van der Waals surface area (Å²) in [5.41, 5.74) is -0.433. The van der Waals surface area contributed by atoms with E-state index in [4.69, 9.17) is 4.74 Å². The van der Waals surface area contributed by atoms with Gasteiger partial charge >= 0.3 is 5.97 Å². The molecule has 112 valence electrons. The molecule has 1 aliphatic carbocycles. The van der Waals surface area contributed by atoms with Crippen molar-refractivity contribution in [1.29, 1.82) is 0 Å². The number of methoxy groups -OCH3 is 1. The van der Waals surface area contributed by atoms with Gasteiger partial charge in [-0.05, 0) is 50.3 Å². The van der Waals surface area contributed by atoms with Gasteiger partial charge in [0.15, 0.2) is 0 Å². The van der Waals surface area contributed by atoms with Gasteiger partial charge in [0.1, 0.15) is 5.54 Å². The second-order valence-corrected chi connectivity index (χ2v) is 7.28. The Morgan fingerprint density at radius 1 is 1.53 bits per heavy atom. The third kappa shape index (κ3) is 4.99. The van der Waals surface area contributed by atoms with Crippen LogP contribution in [0.25, 0.3) is 0 Å². The molecule has 3 nitrogen and oxygen atoms in total. The van der Waals surface area contributed by atoms with Gasteiger partial charge in [-0.3, -0.25) is 4.79 Å². The lowest BCUT2D eigenvalue weighted by atomic mass is 9.81. The van der Waals surface area contributed by atoms with Crippen LogP contribution < -0.4 is 5.32 Å². The largest absolute Gasteiger partial charge is 0.468 e. The summed E-state index contributed by atoms with van der Waals surface area (Å²) >= 11 is 2.03. The van der Waals surface area contributed by atoms with E-state index in [0.29, 0.717) is 5.25 Å². The van der Waals surface area contributed by atoms with E-state index in [1.165, 1.54) is 25.7 Å². The number of hydrogen-bond acceptors (Lipinski definition) is 4. The second-order valence-electron chi connectivity index (χ2n) is 5.88. The molecule has 2 atom stereocenters. The van der Waals surface area contributed by atoms with Gasteiger partial charge in [-0.15, -0.1) is 0 Å². The summed E-state index contributed by atoms with van der Waals surface area (Å²) in [5, 5.41) is 3.98. The van der Waals surface area contributed by atoms with Crippen molar-refractivity contribution in [3.63, 3.8) is 0 Å². The molecule has 1 saturated carbocycles. The van der Waals surface area contributed by atoms with Crippen LogP contribution in [0, 0.1) is 5.92 Å². The van der Waals surface area contributed by atoms with Crippen LogP contribution in [0.2, 0.25) is 0 Å². The molecule has 0 spiro atoms. The fraction of sp³-hybridized carbons (Fsp3) is 0.933. The maximum Gasteiger partial charge on any atom is 0.326 e. The van der Waals surface area contributed by atoms with Crippen LogP contribution in [0.4, 0.5) is 0 Å². The number of thioether (sulfide) groups is 1. The van der Waals surface area contributed by atoms with E-state index in [1.807, 2.05) is 11.8 Å². The van der Waals surface area contributed by atoms with Gasteiger partial charge in [0.25, 0.3) is 0 Å². The highest BCUT2D eigenvalue weighted by Crippen LogP contribution is 2.36. The maximum absolute atomic E-state index is 12.1. The minimum absolute atomic E-state index is 0.0801. The van der Waals surface area contributed by atoms with E-state index in [2.05, 4.69) is 26.1 Å². The quantitative estimate of drug-likeness (QED) is 0.730. The van der Waals surface area contributed by atoms with Crippen molar-refractivity contribution in [2.45, 2.75) is 63.7 Å². The van der Waals surface area contributed by atoms with Crippen molar-refractivity contribution < 1.29 is 9.53 Å². The number of esters is 1. The predicted molar refractivity (Wildman–Crippen MR) is 82.6 cm³/mol. The van der Waals surface area contributed by atoms with Gasteiger partial charge in [-0.2, -0.15) is 11.8 Å².